The molecule has 0 radical (unpaired) electrons. The van der Waals surface area contributed by atoms with Crippen LogP contribution in [0.3, 0.4) is 0 Å². The number of nitrogens with zero attached hydrogens (tertiary/aromatic N) is 1. The molecule has 5 nitrogen and oxygen atoms in total. The van der Waals surface area contributed by atoms with Crippen LogP contribution in [0.25, 0.3) is 0 Å². The van der Waals surface area contributed by atoms with Gasteiger partial charge in [0.25, 0.3) is 0 Å². The lowest BCUT2D eigenvalue weighted by atomic mass is 10.1. The van der Waals surface area contributed by atoms with Gasteiger partial charge in [-0.25, -0.2) is 9.78 Å². The minimum absolute atomic E-state index is 0.0537. The molecular formula is C7H9NO4S2. The molecule has 78 valence electrons. The molecule has 0 aliphatic carbocycles. The summed E-state index contributed by atoms with van der Waals surface area (Å²) in [6.07, 6.45) is -2.33. The first-order valence-corrected chi connectivity index (χ1v) is 5.22. The van der Waals surface area contributed by atoms with E-state index in [9.17, 15) is 15.0 Å². The van der Waals surface area contributed by atoms with E-state index in [1.165, 1.54) is 5.51 Å². The third kappa shape index (κ3) is 2.24. The summed E-state index contributed by atoms with van der Waals surface area (Å²) in [7, 11) is 0. The second-order valence-electron chi connectivity index (χ2n) is 2.57. The number of aliphatic hydroxyl groups excluding tert-OH is 2. The summed E-state index contributed by atoms with van der Waals surface area (Å²) in [4.78, 5) is 14.4. The third-order valence-electron chi connectivity index (χ3n) is 1.62. The van der Waals surface area contributed by atoms with E-state index in [2.05, 4.69) is 17.6 Å². The standard InChI is InChI=1S/C7H9NO4S2/c9-3(1-13)5(10)6-4(7(11)12)8-2-14-6/h2-3,5,9-10,13H,1H2,(H,11,12). The summed E-state index contributed by atoms with van der Waals surface area (Å²) in [5, 5.41) is 27.5. The first kappa shape index (κ1) is 11.4. The van der Waals surface area contributed by atoms with Crippen LogP contribution in [-0.4, -0.2) is 38.1 Å². The SMILES string of the molecule is O=C(O)c1ncsc1C(O)C(O)CS. The van der Waals surface area contributed by atoms with Gasteiger partial charge in [-0.1, -0.05) is 0 Å². The summed E-state index contributed by atoms with van der Waals surface area (Å²) >= 11 is 4.79. The first-order chi connectivity index (χ1) is 6.57. The molecule has 0 spiro atoms. The zero-order valence-electron chi connectivity index (χ0n) is 6.99. The highest BCUT2D eigenvalue weighted by atomic mass is 32.1. The molecule has 0 aromatic carbocycles. The number of carboxylic acid groups (broad SMARTS) is 1. The zero-order valence-corrected chi connectivity index (χ0v) is 8.70. The van der Waals surface area contributed by atoms with E-state index in [1.54, 1.807) is 0 Å². The molecule has 0 aliphatic heterocycles. The summed E-state index contributed by atoms with van der Waals surface area (Å²) in [5.74, 6) is -1.16. The van der Waals surface area contributed by atoms with Gasteiger partial charge in [0.1, 0.15) is 6.10 Å². The van der Waals surface area contributed by atoms with Gasteiger partial charge in [-0.3, -0.25) is 0 Å². The van der Waals surface area contributed by atoms with Gasteiger partial charge in [0.15, 0.2) is 5.69 Å². The van der Waals surface area contributed by atoms with Crippen LogP contribution in [0.4, 0.5) is 0 Å². The maximum Gasteiger partial charge on any atom is 0.355 e. The number of aromatic nitrogens is 1. The van der Waals surface area contributed by atoms with Crippen molar-refractivity contribution in [2.75, 3.05) is 5.75 Å². The van der Waals surface area contributed by atoms with E-state index in [-0.39, 0.29) is 16.3 Å². The quantitative estimate of drug-likeness (QED) is 0.558. The lowest BCUT2D eigenvalue weighted by Gasteiger charge is -2.14. The highest BCUT2D eigenvalue weighted by Gasteiger charge is 2.25. The number of rotatable bonds is 4. The topological polar surface area (TPSA) is 90.7 Å². The predicted octanol–water partition coefficient (Wildman–Crippen LogP) is 0.165. The highest BCUT2D eigenvalue weighted by Crippen LogP contribution is 2.25. The van der Waals surface area contributed by atoms with Crippen LogP contribution < -0.4 is 0 Å². The van der Waals surface area contributed by atoms with Crippen molar-refractivity contribution in [1.29, 1.82) is 0 Å². The molecule has 0 saturated heterocycles. The summed E-state index contributed by atoms with van der Waals surface area (Å²) in [6.45, 7) is 0. The fourth-order valence-electron chi connectivity index (χ4n) is 0.900. The predicted molar refractivity (Wildman–Crippen MR) is 53.9 cm³/mol. The van der Waals surface area contributed by atoms with Crippen molar-refractivity contribution in [3.05, 3.63) is 16.1 Å². The van der Waals surface area contributed by atoms with E-state index in [0.29, 0.717) is 0 Å². The first-order valence-electron chi connectivity index (χ1n) is 3.71. The Hall–Kier alpha value is -0.630. The van der Waals surface area contributed by atoms with Crippen LogP contribution in [0.15, 0.2) is 5.51 Å². The number of hydrogen-bond donors (Lipinski definition) is 4. The molecule has 0 aliphatic rings. The lowest BCUT2D eigenvalue weighted by Crippen LogP contribution is -2.20. The fourth-order valence-corrected chi connectivity index (χ4v) is 1.92. The van der Waals surface area contributed by atoms with Crippen molar-refractivity contribution in [3.63, 3.8) is 0 Å². The number of thiazole rings is 1. The van der Waals surface area contributed by atoms with Crippen molar-refractivity contribution in [1.82, 2.24) is 4.98 Å². The van der Waals surface area contributed by atoms with E-state index in [1.807, 2.05) is 0 Å². The van der Waals surface area contributed by atoms with Crippen LogP contribution in [0.5, 0.6) is 0 Å². The summed E-state index contributed by atoms with van der Waals surface area (Å²) in [5.41, 5.74) is 1.09. The molecule has 1 aromatic heterocycles. The summed E-state index contributed by atoms with van der Waals surface area (Å²) < 4.78 is 0. The van der Waals surface area contributed by atoms with Crippen molar-refractivity contribution < 1.29 is 20.1 Å². The van der Waals surface area contributed by atoms with Crippen molar-refractivity contribution in [2.45, 2.75) is 12.2 Å². The number of hydrogen-bond acceptors (Lipinski definition) is 6. The van der Waals surface area contributed by atoms with Gasteiger partial charge in [-0.2, -0.15) is 12.6 Å². The van der Waals surface area contributed by atoms with Crippen LogP contribution in [0.1, 0.15) is 21.5 Å². The molecule has 1 heterocycles. The van der Waals surface area contributed by atoms with Crippen molar-refractivity contribution in [2.24, 2.45) is 0 Å². The van der Waals surface area contributed by atoms with E-state index in [4.69, 9.17) is 5.11 Å². The molecule has 0 amide bonds. The van der Waals surface area contributed by atoms with Gasteiger partial charge in [0, 0.05) is 5.75 Å². The second kappa shape index (κ2) is 4.74. The van der Waals surface area contributed by atoms with Gasteiger partial charge in [-0.15, -0.1) is 11.3 Å². The Morgan fingerprint density at radius 3 is 2.79 bits per heavy atom. The van der Waals surface area contributed by atoms with Crippen LogP contribution >= 0.6 is 24.0 Å². The molecule has 0 fully saturated rings. The van der Waals surface area contributed by atoms with E-state index < -0.39 is 18.2 Å². The molecule has 0 saturated carbocycles. The number of thiol groups is 1. The van der Waals surface area contributed by atoms with Gasteiger partial charge in [0.2, 0.25) is 0 Å². The molecule has 0 bridgehead atoms. The molecule has 7 heteroatoms. The Kier molecular flexibility index (Phi) is 3.87. The van der Waals surface area contributed by atoms with E-state index in [0.717, 1.165) is 11.3 Å². The Morgan fingerprint density at radius 1 is 1.64 bits per heavy atom. The lowest BCUT2D eigenvalue weighted by molar-refractivity contribution is 0.0344. The van der Waals surface area contributed by atoms with E-state index >= 15 is 0 Å². The molecule has 3 N–H and O–H groups in total. The minimum atomic E-state index is -1.24. The number of aromatic carboxylic acids is 1. The van der Waals surface area contributed by atoms with Gasteiger partial charge in [-0.05, 0) is 0 Å². The smallest absolute Gasteiger partial charge is 0.355 e. The normalized spacial score (nSPS) is 15.1. The maximum atomic E-state index is 10.6. The van der Waals surface area contributed by atoms with Crippen LogP contribution in [0.2, 0.25) is 0 Å². The average molecular weight is 235 g/mol. The zero-order chi connectivity index (χ0) is 10.7. The highest BCUT2D eigenvalue weighted by molar-refractivity contribution is 7.80. The molecule has 14 heavy (non-hydrogen) atoms. The number of carboxylic acids is 1. The Morgan fingerprint density at radius 2 is 2.29 bits per heavy atom. The Labute approximate surface area is 89.5 Å². The van der Waals surface area contributed by atoms with Gasteiger partial charge in [0.05, 0.1) is 16.5 Å². The van der Waals surface area contributed by atoms with Gasteiger partial charge < -0.3 is 15.3 Å². The van der Waals surface area contributed by atoms with Crippen LogP contribution in [-0.2, 0) is 0 Å². The average Bonchev–Trinajstić information content (AvgIpc) is 2.63. The molecule has 1 aromatic rings. The largest absolute Gasteiger partial charge is 0.476 e. The number of aliphatic hydroxyl groups is 2. The fraction of sp³-hybridized carbons (Fsp3) is 0.429. The molecule has 1 rings (SSSR count). The monoisotopic (exact) mass is 235 g/mol. The summed E-state index contributed by atoms with van der Waals surface area (Å²) in [6, 6.07) is 0. The second-order valence-corrected chi connectivity index (χ2v) is 3.82. The molecule has 2 unspecified atom stereocenters. The molecular weight excluding hydrogens is 226 g/mol. The Bertz CT molecular complexity index is 327. The minimum Gasteiger partial charge on any atom is -0.476 e. The van der Waals surface area contributed by atoms with Crippen LogP contribution in [0, 0.1) is 0 Å². The molecule has 2 atom stereocenters. The maximum absolute atomic E-state index is 10.6. The number of carbonyl (C=O) groups is 1. The van der Waals surface area contributed by atoms with Crippen molar-refractivity contribution >= 4 is 29.9 Å². The third-order valence-corrected chi connectivity index (χ3v) is 2.89. The van der Waals surface area contributed by atoms with Crippen molar-refractivity contribution in [3.8, 4) is 0 Å². The Balaban J connectivity index is 2.94. The van der Waals surface area contributed by atoms with Gasteiger partial charge >= 0.3 is 5.97 Å².